The molecule has 0 unspecified atom stereocenters. The third-order valence-electron chi connectivity index (χ3n) is 3.16. The van der Waals surface area contributed by atoms with E-state index in [9.17, 15) is 0 Å². The van der Waals surface area contributed by atoms with Gasteiger partial charge in [-0.1, -0.05) is 30.9 Å². The Hall–Kier alpha value is -2.22. The fourth-order valence-electron chi connectivity index (χ4n) is 1.82. The van der Waals surface area contributed by atoms with Gasteiger partial charge in [0.1, 0.15) is 0 Å². The fourth-order valence-corrected chi connectivity index (χ4v) is 1.82. The smallest absolute Gasteiger partial charge is 0.0897 e. The topological polar surface area (TPSA) is 25.8 Å². The lowest BCUT2D eigenvalue weighted by Crippen LogP contribution is -1.92. The van der Waals surface area contributed by atoms with Gasteiger partial charge in [0.25, 0.3) is 0 Å². The molecule has 0 saturated heterocycles. The maximum atomic E-state index is 4.67. The van der Waals surface area contributed by atoms with Crippen molar-refractivity contribution >= 4 is 16.6 Å². The van der Waals surface area contributed by atoms with Gasteiger partial charge in [-0.2, -0.15) is 0 Å². The molecule has 19 heavy (non-hydrogen) atoms. The van der Waals surface area contributed by atoms with E-state index in [1.54, 1.807) is 6.08 Å². The Morgan fingerprint density at radius 1 is 1.11 bits per heavy atom. The highest BCUT2D eigenvalue weighted by Crippen LogP contribution is 2.18. The zero-order valence-corrected chi connectivity index (χ0v) is 11.6. The molecule has 0 amide bonds. The molecule has 1 heterocycles. The minimum Gasteiger partial charge on any atom is -0.252 e. The van der Waals surface area contributed by atoms with Crippen molar-refractivity contribution in [1.29, 1.82) is 0 Å². The van der Waals surface area contributed by atoms with Crippen LogP contribution in [0.1, 0.15) is 23.7 Å². The highest BCUT2D eigenvalue weighted by Gasteiger charge is 2.03. The van der Waals surface area contributed by atoms with Crippen LogP contribution >= 0.6 is 0 Å². The second kappa shape index (κ2) is 5.61. The first-order valence-electron chi connectivity index (χ1n) is 6.32. The van der Waals surface area contributed by atoms with Gasteiger partial charge in [-0.05, 0) is 49.6 Å². The van der Waals surface area contributed by atoms with Gasteiger partial charge >= 0.3 is 0 Å². The van der Waals surface area contributed by atoms with Crippen molar-refractivity contribution in [1.82, 2.24) is 9.97 Å². The Morgan fingerprint density at radius 3 is 2.47 bits per heavy atom. The van der Waals surface area contributed by atoms with Crippen molar-refractivity contribution in [2.75, 3.05) is 0 Å². The summed E-state index contributed by atoms with van der Waals surface area (Å²) in [6.45, 7) is 9.87. The lowest BCUT2D eigenvalue weighted by molar-refractivity contribution is 1.22. The summed E-state index contributed by atoms with van der Waals surface area (Å²) in [6.07, 6.45) is 9.44. The van der Waals surface area contributed by atoms with E-state index in [1.807, 2.05) is 31.3 Å². The van der Waals surface area contributed by atoms with E-state index in [0.29, 0.717) is 0 Å². The summed E-state index contributed by atoms with van der Waals surface area (Å²) in [5.41, 5.74) is 6.38. The van der Waals surface area contributed by atoms with Crippen LogP contribution in [-0.4, -0.2) is 9.97 Å². The van der Waals surface area contributed by atoms with E-state index in [4.69, 9.17) is 0 Å². The summed E-state index contributed by atoms with van der Waals surface area (Å²) in [5, 5.41) is 0. The predicted molar refractivity (Wildman–Crippen MR) is 82.0 cm³/mol. The molecule has 0 N–H and O–H groups in total. The first-order valence-corrected chi connectivity index (χ1v) is 6.32. The van der Waals surface area contributed by atoms with Crippen molar-refractivity contribution in [3.8, 4) is 0 Å². The Balaban J connectivity index is 2.46. The number of rotatable bonds is 3. The quantitative estimate of drug-likeness (QED) is 0.755. The second-order valence-corrected chi connectivity index (χ2v) is 4.65. The average Bonchev–Trinajstić information content (AvgIpc) is 2.40. The highest BCUT2D eigenvalue weighted by atomic mass is 14.8. The lowest BCUT2D eigenvalue weighted by Gasteiger charge is -2.05. The Kier molecular flexibility index (Phi) is 3.91. The maximum absolute atomic E-state index is 4.67. The fraction of sp³-hybridized carbons (Fsp3) is 0.176. The van der Waals surface area contributed by atoms with Crippen molar-refractivity contribution in [3.05, 3.63) is 66.0 Å². The first kappa shape index (κ1) is 13.2. The molecule has 0 atom stereocenters. The van der Waals surface area contributed by atoms with Crippen molar-refractivity contribution in [3.63, 3.8) is 0 Å². The zero-order valence-electron chi connectivity index (χ0n) is 11.6. The number of benzene rings is 1. The summed E-state index contributed by atoms with van der Waals surface area (Å²) in [5.74, 6) is 0. The van der Waals surface area contributed by atoms with Crippen molar-refractivity contribution < 1.29 is 0 Å². The van der Waals surface area contributed by atoms with Crippen LogP contribution < -0.4 is 0 Å². The molecular weight excluding hydrogens is 232 g/mol. The average molecular weight is 250 g/mol. The molecule has 0 radical (unpaired) electrons. The van der Waals surface area contributed by atoms with Gasteiger partial charge in [0.15, 0.2) is 0 Å². The number of hydrogen-bond acceptors (Lipinski definition) is 2. The number of fused-ring (bicyclic) bond motifs is 1. The monoisotopic (exact) mass is 250 g/mol. The number of aryl methyl sites for hydroxylation is 2. The van der Waals surface area contributed by atoms with Gasteiger partial charge in [-0.3, -0.25) is 4.98 Å². The molecule has 2 rings (SSSR count). The molecule has 96 valence electrons. The maximum Gasteiger partial charge on any atom is 0.0897 e. The van der Waals surface area contributed by atoms with Crippen LogP contribution in [0.5, 0.6) is 0 Å². The van der Waals surface area contributed by atoms with E-state index in [2.05, 4.69) is 42.5 Å². The minimum absolute atomic E-state index is 0.907. The van der Waals surface area contributed by atoms with E-state index < -0.39 is 0 Å². The molecule has 2 nitrogen and oxygen atoms in total. The molecule has 1 aromatic heterocycles. The van der Waals surface area contributed by atoms with Crippen molar-refractivity contribution in [2.24, 2.45) is 0 Å². The van der Waals surface area contributed by atoms with Gasteiger partial charge in [-0.15, -0.1) is 0 Å². The Bertz CT molecular complexity index is 679. The highest BCUT2D eigenvalue weighted by molar-refractivity contribution is 5.78. The third kappa shape index (κ3) is 2.97. The Labute approximate surface area is 114 Å². The van der Waals surface area contributed by atoms with E-state index >= 15 is 0 Å². The van der Waals surface area contributed by atoms with Gasteiger partial charge in [0.05, 0.1) is 22.9 Å². The Morgan fingerprint density at radius 2 is 1.79 bits per heavy atom. The number of nitrogens with zero attached hydrogens (tertiary/aromatic N) is 2. The van der Waals surface area contributed by atoms with Gasteiger partial charge in [0, 0.05) is 0 Å². The molecule has 0 aliphatic carbocycles. The zero-order chi connectivity index (χ0) is 13.8. The molecule has 2 heteroatoms. The van der Waals surface area contributed by atoms with Crippen LogP contribution in [0.4, 0.5) is 0 Å². The van der Waals surface area contributed by atoms with E-state index in [-0.39, 0.29) is 0 Å². The van der Waals surface area contributed by atoms with Crippen LogP contribution in [-0.2, 0) is 0 Å². The van der Waals surface area contributed by atoms with Crippen LogP contribution in [0.15, 0.2) is 49.2 Å². The van der Waals surface area contributed by atoms with E-state index in [1.165, 1.54) is 11.1 Å². The minimum atomic E-state index is 0.907. The lowest BCUT2D eigenvalue weighted by atomic mass is 10.1. The molecule has 0 spiro atoms. The van der Waals surface area contributed by atoms with Gasteiger partial charge in [0.2, 0.25) is 0 Å². The summed E-state index contributed by atoms with van der Waals surface area (Å²) in [4.78, 5) is 9.15. The van der Waals surface area contributed by atoms with Crippen LogP contribution in [0.25, 0.3) is 16.6 Å². The molecule has 1 aromatic carbocycles. The summed E-state index contributed by atoms with van der Waals surface area (Å²) < 4.78 is 0. The predicted octanol–water partition coefficient (Wildman–Crippen LogP) is 4.39. The molecule has 0 saturated carbocycles. The number of aromatic nitrogens is 2. The van der Waals surface area contributed by atoms with Crippen LogP contribution in [0.3, 0.4) is 0 Å². The standard InChI is InChI=1S/C17H18N2/c1-5-6-7-8-12(2)17-11-18-15-9-13(3)14(4)10-16(15)19-17/h5-11H,1H2,2-4H3/b7-6-,12-8+. The first-order chi connectivity index (χ1) is 9.11. The van der Waals surface area contributed by atoms with E-state index in [0.717, 1.165) is 22.3 Å². The SMILES string of the molecule is C=C/C=C\C=C(/C)c1cnc2cc(C)c(C)cc2n1. The molecule has 0 bridgehead atoms. The third-order valence-corrected chi connectivity index (χ3v) is 3.16. The number of hydrogen-bond donors (Lipinski definition) is 0. The molecular formula is C17H18N2. The van der Waals surface area contributed by atoms with Crippen LogP contribution in [0.2, 0.25) is 0 Å². The van der Waals surface area contributed by atoms with Crippen LogP contribution in [0, 0.1) is 13.8 Å². The normalized spacial score (nSPS) is 12.3. The summed E-state index contributed by atoms with van der Waals surface area (Å²) in [6, 6.07) is 4.17. The largest absolute Gasteiger partial charge is 0.252 e. The molecule has 0 aliphatic rings. The van der Waals surface area contributed by atoms with Gasteiger partial charge < -0.3 is 0 Å². The van der Waals surface area contributed by atoms with Crippen molar-refractivity contribution in [2.45, 2.75) is 20.8 Å². The molecule has 0 fully saturated rings. The summed E-state index contributed by atoms with van der Waals surface area (Å²) >= 11 is 0. The summed E-state index contributed by atoms with van der Waals surface area (Å²) in [7, 11) is 0. The van der Waals surface area contributed by atoms with Gasteiger partial charge in [-0.25, -0.2) is 4.98 Å². The second-order valence-electron chi connectivity index (χ2n) is 4.65. The number of allylic oxidation sites excluding steroid dienone is 5. The molecule has 0 aliphatic heterocycles. The molecule has 2 aromatic rings.